The Morgan fingerprint density at radius 2 is 1.87 bits per heavy atom. The molecule has 1 aromatic carbocycles. The number of amides is 1. The highest BCUT2D eigenvalue weighted by Gasteiger charge is 2.25. The van der Waals surface area contributed by atoms with E-state index in [0.717, 1.165) is 0 Å². The highest BCUT2D eigenvalue weighted by molar-refractivity contribution is 5.93. The molecule has 1 aromatic rings. The number of azide groups is 1. The van der Waals surface area contributed by atoms with Crippen molar-refractivity contribution in [1.82, 2.24) is 5.32 Å². The first-order valence-corrected chi connectivity index (χ1v) is 9.81. The molecule has 11 nitrogen and oxygen atoms in total. The quantitative estimate of drug-likeness (QED) is 0.135. The Hall–Kier alpha value is -3.33. The number of nitrogens with one attached hydrogen (secondary N) is 1. The van der Waals surface area contributed by atoms with Crippen LogP contribution in [0.3, 0.4) is 0 Å². The maximum Gasteiger partial charge on any atom is 0.407 e. The number of esters is 1. The molecule has 0 heterocycles. The van der Waals surface area contributed by atoms with Crippen molar-refractivity contribution in [2.75, 3.05) is 27.4 Å². The van der Waals surface area contributed by atoms with Crippen molar-refractivity contribution in [2.45, 2.75) is 52.6 Å². The van der Waals surface area contributed by atoms with Crippen LogP contribution < -0.4 is 19.6 Å². The topological polar surface area (TPSA) is 141 Å². The number of carbonyl (C=O) groups excluding carboxylic acids is 2. The minimum absolute atomic E-state index is 0.0104. The summed E-state index contributed by atoms with van der Waals surface area (Å²) in [4.78, 5) is 32.0. The van der Waals surface area contributed by atoms with E-state index in [9.17, 15) is 9.59 Å². The van der Waals surface area contributed by atoms with Crippen molar-refractivity contribution in [3.05, 3.63) is 27.6 Å². The third-order valence-corrected chi connectivity index (χ3v) is 3.82. The number of alkyl carbamates (subject to hydrolysis) is 1. The van der Waals surface area contributed by atoms with Crippen LogP contribution in [0.5, 0.6) is 17.2 Å². The van der Waals surface area contributed by atoms with Crippen LogP contribution in [-0.2, 0) is 15.9 Å². The van der Waals surface area contributed by atoms with Gasteiger partial charge in [-0.05, 0) is 45.6 Å². The van der Waals surface area contributed by atoms with Crippen molar-refractivity contribution >= 4 is 12.1 Å². The zero-order chi connectivity index (χ0) is 23.4. The Kier molecular flexibility index (Phi) is 10.3. The first kappa shape index (κ1) is 25.7. The van der Waals surface area contributed by atoms with Crippen LogP contribution in [0.1, 0.15) is 56.5 Å². The molecule has 1 rings (SSSR count). The molecule has 11 heteroatoms. The molecule has 31 heavy (non-hydrogen) atoms. The van der Waals surface area contributed by atoms with E-state index < -0.39 is 17.7 Å². The van der Waals surface area contributed by atoms with Gasteiger partial charge < -0.3 is 29.1 Å². The third kappa shape index (κ3) is 8.13. The second-order valence-corrected chi connectivity index (χ2v) is 7.40. The summed E-state index contributed by atoms with van der Waals surface area (Å²) >= 11 is 0. The number of benzene rings is 1. The summed E-state index contributed by atoms with van der Waals surface area (Å²) in [6.45, 7) is 7.75. The molecule has 0 saturated carbocycles. The summed E-state index contributed by atoms with van der Waals surface area (Å²) in [5.74, 6) is -0.161. The van der Waals surface area contributed by atoms with Gasteiger partial charge in [-0.1, -0.05) is 6.92 Å². The highest BCUT2D eigenvalue weighted by Crippen LogP contribution is 2.43. The maximum atomic E-state index is 12.6. The monoisotopic (exact) mass is 438 g/mol. The van der Waals surface area contributed by atoms with Gasteiger partial charge in [-0.2, -0.15) is 0 Å². The van der Waals surface area contributed by atoms with Crippen LogP contribution in [0, 0.1) is 0 Å². The van der Waals surface area contributed by atoms with E-state index in [-0.39, 0.29) is 29.4 Å². The zero-order valence-electron chi connectivity index (χ0n) is 18.8. The van der Waals surface area contributed by atoms with Crippen molar-refractivity contribution in [2.24, 2.45) is 5.28 Å². The van der Waals surface area contributed by atoms with Crippen LogP contribution in [0.4, 0.5) is 4.79 Å². The fourth-order valence-electron chi connectivity index (χ4n) is 2.67. The van der Waals surface area contributed by atoms with Gasteiger partial charge in [-0.15, -0.1) is 0 Å². The second-order valence-electron chi connectivity index (χ2n) is 7.40. The summed E-state index contributed by atoms with van der Waals surface area (Å²) in [6, 6.07) is 1.38. The van der Waals surface area contributed by atoms with E-state index >= 15 is 0 Å². The fourth-order valence-corrected chi connectivity index (χ4v) is 2.67. The van der Waals surface area contributed by atoms with Gasteiger partial charge in [0.1, 0.15) is 10.9 Å². The molecule has 0 unspecified atom stereocenters. The van der Waals surface area contributed by atoms with Crippen molar-refractivity contribution in [3.8, 4) is 17.2 Å². The molecular formula is C20H30N4O7. The molecule has 0 fully saturated rings. The predicted molar refractivity (Wildman–Crippen MR) is 112 cm³/mol. The van der Waals surface area contributed by atoms with E-state index in [0.29, 0.717) is 31.4 Å². The van der Waals surface area contributed by atoms with E-state index in [1.54, 1.807) is 20.8 Å². The second kappa shape index (κ2) is 12.4. The van der Waals surface area contributed by atoms with Gasteiger partial charge >= 0.3 is 12.1 Å². The lowest BCUT2D eigenvalue weighted by Gasteiger charge is -2.20. The molecule has 0 atom stereocenters. The maximum absolute atomic E-state index is 12.6. The van der Waals surface area contributed by atoms with Gasteiger partial charge in [0.25, 0.3) is 0 Å². The number of nitrogens with zero attached hydrogens (tertiary/aromatic N) is 3. The molecule has 1 amide bonds. The number of methoxy groups -OCH3 is 2. The lowest BCUT2D eigenvalue weighted by atomic mass is 10.00. The number of ether oxygens (including phenoxy) is 4. The average Bonchev–Trinajstić information content (AvgIpc) is 2.71. The number of carbonyl (C=O) groups is 2. The Morgan fingerprint density at radius 3 is 2.42 bits per heavy atom. The van der Waals surface area contributed by atoms with Crippen molar-refractivity contribution in [3.63, 3.8) is 0 Å². The smallest absolute Gasteiger partial charge is 0.407 e. The van der Waals surface area contributed by atoms with Crippen LogP contribution >= 0.6 is 0 Å². The van der Waals surface area contributed by atoms with Gasteiger partial charge in [0.15, 0.2) is 11.5 Å². The van der Waals surface area contributed by atoms with Crippen molar-refractivity contribution < 1.29 is 33.4 Å². The molecule has 0 aromatic heterocycles. The Labute approximate surface area is 181 Å². The molecule has 0 aliphatic carbocycles. The summed E-state index contributed by atoms with van der Waals surface area (Å²) < 4.78 is 21.3. The number of hydrogen-bond donors (Lipinski definition) is 1. The SMILES string of the molecule is CCCOC(=O)c1cc(ON=[N+]=[N-])c(OC)c(OC)c1CCCNC(=O)OC(C)(C)C. The molecule has 0 aliphatic rings. The number of rotatable bonds is 11. The number of hydrogen-bond acceptors (Lipinski definition) is 8. The fraction of sp³-hybridized carbons (Fsp3) is 0.600. The van der Waals surface area contributed by atoms with Gasteiger partial charge in [0, 0.05) is 23.1 Å². The van der Waals surface area contributed by atoms with Gasteiger partial charge in [-0.3, -0.25) is 0 Å². The largest absolute Gasteiger partial charge is 0.492 e. The van der Waals surface area contributed by atoms with Gasteiger partial charge in [0.2, 0.25) is 5.75 Å². The van der Waals surface area contributed by atoms with Gasteiger partial charge in [0.05, 0.1) is 26.4 Å². The molecule has 1 N–H and O–H groups in total. The molecular weight excluding hydrogens is 408 g/mol. The highest BCUT2D eigenvalue weighted by atomic mass is 16.7. The molecule has 0 spiro atoms. The van der Waals surface area contributed by atoms with Crippen LogP contribution in [0.15, 0.2) is 11.3 Å². The Morgan fingerprint density at radius 1 is 1.19 bits per heavy atom. The average molecular weight is 438 g/mol. The summed E-state index contributed by atoms with van der Waals surface area (Å²) in [5.41, 5.74) is 8.65. The summed E-state index contributed by atoms with van der Waals surface area (Å²) in [6.07, 6.45) is 0.950. The third-order valence-electron chi connectivity index (χ3n) is 3.82. The Balaban J connectivity index is 3.17. The van der Waals surface area contributed by atoms with Crippen molar-refractivity contribution in [1.29, 1.82) is 0 Å². The van der Waals surface area contributed by atoms with E-state index in [2.05, 4.69) is 15.5 Å². The first-order valence-electron chi connectivity index (χ1n) is 9.81. The lowest BCUT2D eigenvalue weighted by Crippen LogP contribution is -2.33. The molecule has 0 bridgehead atoms. The molecule has 0 saturated heterocycles. The summed E-state index contributed by atoms with van der Waals surface area (Å²) in [7, 11) is 2.81. The zero-order valence-corrected chi connectivity index (χ0v) is 18.8. The molecule has 172 valence electrons. The summed E-state index contributed by atoms with van der Waals surface area (Å²) in [5, 5.41) is 5.74. The van der Waals surface area contributed by atoms with E-state index in [1.807, 2.05) is 6.92 Å². The molecule has 0 aliphatic heterocycles. The first-order chi connectivity index (χ1) is 14.7. The van der Waals surface area contributed by atoms with E-state index in [4.69, 9.17) is 29.3 Å². The van der Waals surface area contributed by atoms with Gasteiger partial charge in [-0.25, -0.2) is 9.59 Å². The van der Waals surface area contributed by atoms with Crippen LogP contribution in [0.25, 0.3) is 10.4 Å². The standard InChI is InChI=1S/C20H30N4O7/c1-7-11-29-18(25)14-12-15(31-24-23-21)17(28-6)16(27-5)13(14)9-8-10-22-19(26)30-20(2,3)4/h12H,7-11H2,1-6H3,(H,22,26). The Bertz CT molecular complexity index is 815. The minimum Gasteiger partial charge on any atom is -0.492 e. The van der Waals surface area contributed by atoms with E-state index in [1.165, 1.54) is 20.3 Å². The lowest BCUT2D eigenvalue weighted by molar-refractivity contribution is 0.0497. The molecule has 0 radical (unpaired) electrons. The van der Waals surface area contributed by atoms with Crippen LogP contribution in [0.2, 0.25) is 0 Å². The normalized spacial score (nSPS) is 10.5. The predicted octanol–water partition coefficient (Wildman–Crippen LogP) is 4.33. The van der Waals surface area contributed by atoms with Crippen LogP contribution in [-0.4, -0.2) is 45.0 Å². The minimum atomic E-state index is -0.599.